The van der Waals surface area contributed by atoms with Crippen molar-refractivity contribution in [3.63, 3.8) is 0 Å². The fraction of sp³-hybridized carbons (Fsp3) is 0.300. The van der Waals surface area contributed by atoms with Gasteiger partial charge < -0.3 is 15.8 Å². The van der Waals surface area contributed by atoms with Crippen molar-refractivity contribution in [3.8, 4) is 5.75 Å². The smallest absolute Gasteiger partial charge is 0.223 e. The molecule has 1 rings (SSSR count). The van der Waals surface area contributed by atoms with Gasteiger partial charge in [0, 0.05) is 13.1 Å². The maximum atomic E-state index is 12.9. The molecule has 0 spiro atoms. The molecule has 1 aromatic rings. The Balaban J connectivity index is 2.44. The van der Waals surface area contributed by atoms with Gasteiger partial charge in [0.05, 0.1) is 18.7 Å². The monoisotopic (exact) mass is 212 g/mol. The van der Waals surface area contributed by atoms with Crippen molar-refractivity contribution in [2.45, 2.75) is 6.42 Å². The number of nitrogens with one attached hydrogen (secondary N) is 1. The molecule has 0 aromatic heterocycles. The molecule has 0 heterocycles. The summed E-state index contributed by atoms with van der Waals surface area (Å²) in [6.07, 6.45) is 0.239. The predicted octanol–water partition coefficient (Wildman–Crippen LogP) is 0.923. The van der Waals surface area contributed by atoms with Crippen LogP contribution in [0, 0.1) is 5.82 Å². The summed E-state index contributed by atoms with van der Waals surface area (Å²) in [6.45, 7) is 0.211. The summed E-state index contributed by atoms with van der Waals surface area (Å²) >= 11 is 0. The maximum Gasteiger partial charge on any atom is 0.223 e. The highest BCUT2D eigenvalue weighted by Crippen LogP contribution is 2.17. The van der Waals surface area contributed by atoms with Crippen LogP contribution in [0.4, 0.5) is 10.1 Å². The highest BCUT2D eigenvalue weighted by atomic mass is 19.1. The number of hydrogen-bond donors (Lipinski definition) is 2. The first kappa shape index (κ1) is 11.3. The summed E-state index contributed by atoms with van der Waals surface area (Å²) in [5.74, 6) is -0.274. The first-order chi connectivity index (χ1) is 7.13. The Bertz CT molecular complexity index is 355. The second kappa shape index (κ2) is 5.19. The third-order valence-electron chi connectivity index (χ3n) is 1.85. The quantitative estimate of drug-likeness (QED) is 0.729. The average molecular weight is 212 g/mol. The third kappa shape index (κ3) is 3.46. The maximum absolute atomic E-state index is 12.9. The molecule has 0 aliphatic carbocycles. The lowest BCUT2D eigenvalue weighted by atomic mass is 10.3. The van der Waals surface area contributed by atoms with E-state index < -0.39 is 5.82 Å². The van der Waals surface area contributed by atoms with Crippen LogP contribution in [0.1, 0.15) is 6.42 Å². The van der Waals surface area contributed by atoms with Gasteiger partial charge in [-0.2, -0.15) is 0 Å². The molecule has 4 nitrogen and oxygen atoms in total. The molecule has 1 amide bonds. The number of hydrogen-bond acceptors (Lipinski definition) is 3. The van der Waals surface area contributed by atoms with Gasteiger partial charge >= 0.3 is 0 Å². The Morgan fingerprint density at radius 2 is 2.33 bits per heavy atom. The molecule has 0 atom stereocenters. The van der Waals surface area contributed by atoms with Crippen LogP contribution in [0.3, 0.4) is 0 Å². The van der Waals surface area contributed by atoms with E-state index in [9.17, 15) is 9.18 Å². The zero-order chi connectivity index (χ0) is 11.3. The van der Waals surface area contributed by atoms with E-state index in [1.165, 1.54) is 12.1 Å². The molecule has 0 saturated heterocycles. The normalized spacial score (nSPS) is 9.73. The molecule has 0 fully saturated rings. The Hall–Kier alpha value is -1.78. The van der Waals surface area contributed by atoms with Gasteiger partial charge in [0.15, 0.2) is 0 Å². The number of rotatable bonds is 4. The summed E-state index contributed by atoms with van der Waals surface area (Å²) in [5.41, 5.74) is 5.37. The first-order valence-electron chi connectivity index (χ1n) is 4.52. The van der Waals surface area contributed by atoms with E-state index in [2.05, 4.69) is 5.32 Å². The minimum Gasteiger partial charge on any atom is -0.493 e. The third-order valence-corrected chi connectivity index (χ3v) is 1.85. The van der Waals surface area contributed by atoms with Gasteiger partial charge in [-0.1, -0.05) is 0 Å². The number of amides is 1. The summed E-state index contributed by atoms with van der Waals surface area (Å²) in [5, 5.41) is 2.46. The van der Waals surface area contributed by atoms with Crippen LogP contribution >= 0.6 is 0 Å². The molecule has 0 bridgehead atoms. The van der Waals surface area contributed by atoms with Gasteiger partial charge in [0.25, 0.3) is 0 Å². The molecular weight excluding hydrogens is 199 g/mol. The lowest BCUT2D eigenvalue weighted by Crippen LogP contribution is -2.20. The van der Waals surface area contributed by atoms with E-state index in [0.29, 0.717) is 5.75 Å². The van der Waals surface area contributed by atoms with E-state index in [0.717, 1.165) is 0 Å². The highest BCUT2D eigenvalue weighted by molar-refractivity contribution is 5.75. The lowest BCUT2D eigenvalue weighted by molar-refractivity contribution is -0.121. The standard InChI is InChI=1S/C10H13FN2O2/c1-13-10(14)4-5-15-7-2-3-9(12)8(11)6-7/h2-3,6H,4-5,12H2,1H3,(H,13,14). The van der Waals surface area contributed by atoms with E-state index in [-0.39, 0.29) is 24.6 Å². The first-order valence-corrected chi connectivity index (χ1v) is 4.52. The molecule has 0 aliphatic heterocycles. The fourth-order valence-electron chi connectivity index (χ4n) is 0.984. The minimum atomic E-state index is -0.521. The lowest BCUT2D eigenvalue weighted by Gasteiger charge is -2.06. The molecule has 5 heteroatoms. The molecule has 1 aromatic carbocycles. The molecular formula is C10H13FN2O2. The fourth-order valence-corrected chi connectivity index (χ4v) is 0.984. The zero-order valence-electron chi connectivity index (χ0n) is 8.42. The number of halogens is 1. The van der Waals surface area contributed by atoms with Crippen molar-refractivity contribution >= 4 is 11.6 Å². The topological polar surface area (TPSA) is 64.3 Å². The van der Waals surface area contributed by atoms with Crippen molar-refractivity contribution in [1.29, 1.82) is 0 Å². The SMILES string of the molecule is CNC(=O)CCOc1ccc(N)c(F)c1. The molecule has 15 heavy (non-hydrogen) atoms. The van der Waals surface area contributed by atoms with Gasteiger partial charge in [-0.15, -0.1) is 0 Å². The number of ether oxygens (including phenoxy) is 1. The largest absolute Gasteiger partial charge is 0.493 e. The molecule has 0 unspecified atom stereocenters. The van der Waals surface area contributed by atoms with Crippen molar-refractivity contribution < 1.29 is 13.9 Å². The van der Waals surface area contributed by atoms with Gasteiger partial charge in [-0.05, 0) is 12.1 Å². The number of carbonyl (C=O) groups is 1. The second-order valence-electron chi connectivity index (χ2n) is 2.95. The summed E-state index contributed by atoms with van der Waals surface area (Å²) in [7, 11) is 1.55. The van der Waals surface area contributed by atoms with Crippen LogP contribution in [0.15, 0.2) is 18.2 Å². The Labute approximate surface area is 87.2 Å². The number of nitrogen functional groups attached to an aromatic ring is 1. The Kier molecular flexibility index (Phi) is 3.91. The number of benzene rings is 1. The summed E-state index contributed by atoms with van der Waals surface area (Å²) in [4.78, 5) is 10.8. The van der Waals surface area contributed by atoms with E-state index in [1.807, 2.05) is 0 Å². The van der Waals surface area contributed by atoms with Crippen molar-refractivity contribution in [3.05, 3.63) is 24.0 Å². The van der Waals surface area contributed by atoms with Gasteiger partial charge in [0.2, 0.25) is 5.91 Å². The van der Waals surface area contributed by atoms with Gasteiger partial charge in [-0.25, -0.2) is 4.39 Å². The van der Waals surface area contributed by atoms with Crippen molar-refractivity contribution in [2.24, 2.45) is 0 Å². The Morgan fingerprint density at radius 3 is 2.93 bits per heavy atom. The number of nitrogens with two attached hydrogens (primary N) is 1. The van der Waals surface area contributed by atoms with Crippen LogP contribution in [-0.4, -0.2) is 19.6 Å². The molecule has 0 radical (unpaired) electrons. The van der Waals surface area contributed by atoms with Gasteiger partial charge in [0.1, 0.15) is 11.6 Å². The van der Waals surface area contributed by atoms with Crippen LogP contribution in [0.25, 0.3) is 0 Å². The Morgan fingerprint density at radius 1 is 1.60 bits per heavy atom. The van der Waals surface area contributed by atoms with E-state index >= 15 is 0 Å². The van der Waals surface area contributed by atoms with Crippen LogP contribution in [-0.2, 0) is 4.79 Å². The highest BCUT2D eigenvalue weighted by Gasteiger charge is 2.02. The van der Waals surface area contributed by atoms with Crippen LogP contribution < -0.4 is 15.8 Å². The summed E-state index contributed by atoms with van der Waals surface area (Å²) < 4.78 is 18.1. The molecule has 0 aliphatic rings. The van der Waals surface area contributed by atoms with Crippen LogP contribution in [0.2, 0.25) is 0 Å². The number of carbonyl (C=O) groups excluding carboxylic acids is 1. The second-order valence-corrected chi connectivity index (χ2v) is 2.95. The predicted molar refractivity (Wildman–Crippen MR) is 55.0 cm³/mol. The summed E-state index contributed by atoms with van der Waals surface area (Å²) in [6, 6.07) is 4.17. The van der Waals surface area contributed by atoms with Gasteiger partial charge in [-0.3, -0.25) is 4.79 Å². The molecule has 3 N–H and O–H groups in total. The number of anilines is 1. The zero-order valence-corrected chi connectivity index (χ0v) is 8.42. The molecule has 0 saturated carbocycles. The van der Waals surface area contributed by atoms with E-state index in [4.69, 9.17) is 10.5 Å². The minimum absolute atomic E-state index is 0.0775. The average Bonchev–Trinajstić information content (AvgIpc) is 2.23. The van der Waals surface area contributed by atoms with Crippen molar-refractivity contribution in [1.82, 2.24) is 5.32 Å². The van der Waals surface area contributed by atoms with Crippen molar-refractivity contribution in [2.75, 3.05) is 19.4 Å². The van der Waals surface area contributed by atoms with Crippen LogP contribution in [0.5, 0.6) is 5.75 Å². The van der Waals surface area contributed by atoms with E-state index in [1.54, 1.807) is 13.1 Å². The molecule has 82 valence electrons.